The molecule has 7 heteroatoms. The minimum Gasteiger partial charge on any atom is -0.444 e. The van der Waals surface area contributed by atoms with Crippen molar-refractivity contribution in [1.29, 1.82) is 0 Å². The summed E-state index contributed by atoms with van der Waals surface area (Å²) in [5, 5.41) is 6.58. The first-order chi connectivity index (χ1) is 14.4. The first kappa shape index (κ1) is 23.2. The van der Waals surface area contributed by atoms with E-state index < -0.39 is 11.2 Å². The Kier molecular flexibility index (Phi) is 6.72. The Labute approximate surface area is 185 Å². The predicted octanol–water partition coefficient (Wildman–Crippen LogP) is 5.23. The highest BCUT2D eigenvalue weighted by atomic mass is 16.6. The molecular formula is C24H37N3O4. The standard InChI is InChI=1S/C24H37N3O4/c1-23(2,3)30-21(28)26-19-10-9-18(15-19)25-17-11-12-20-16(14-17)8-7-13-27(20)22(29)31-24(4,5)6/h11-12,14,18-19,25H,7-10,13,15H2,1-6H3,(H,26,28). The molecule has 1 saturated carbocycles. The van der Waals surface area contributed by atoms with Crippen molar-refractivity contribution in [3.8, 4) is 0 Å². The van der Waals surface area contributed by atoms with Crippen LogP contribution in [0.5, 0.6) is 0 Å². The van der Waals surface area contributed by atoms with Gasteiger partial charge in [-0.05, 0) is 97.4 Å². The van der Waals surface area contributed by atoms with Gasteiger partial charge in [-0.25, -0.2) is 9.59 Å². The van der Waals surface area contributed by atoms with Crippen LogP contribution >= 0.6 is 0 Å². The van der Waals surface area contributed by atoms with Crippen molar-refractivity contribution < 1.29 is 19.1 Å². The molecule has 2 aliphatic rings. The van der Waals surface area contributed by atoms with Crippen LogP contribution in [-0.2, 0) is 15.9 Å². The van der Waals surface area contributed by atoms with Gasteiger partial charge in [-0.2, -0.15) is 0 Å². The number of aryl methyl sites for hydroxylation is 1. The van der Waals surface area contributed by atoms with E-state index in [1.807, 2.05) is 53.7 Å². The molecule has 1 heterocycles. The zero-order valence-corrected chi connectivity index (χ0v) is 19.7. The summed E-state index contributed by atoms with van der Waals surface area (Å²) in [5.74, 6) is 0. The molecule has 1 aromatic rings. The van der Waals surface area contributed by atoms with Crippen molar-refractivity contribution in [3.05, 3.63) is 23.8 Å². The number of benzene rings is 1. The Balaban J connectivity index is 1.58. The number of rotatable bonds is 3. The van der Waals surface area contributed by atoms with E-state index in [2.05, 4.69) is 16.7 Å². The summed E-state index contributed by atoms with van der Waals surface area (Å²) >= 11 is 0. The van der Waals surface area contributed by atoms with Crippen LogP contribution in [0.25, 0.3) is 0 Å². The van der Waals surface area contributed by atoms with Gasteiger partial charge in [-0.15, -0.1) is 0 Å². The van der Waals surface area contributed by atoms with E-state index in [0.29, 0.717) is 12.6 Å². The fourth-order valence-electron chi connectivity index (χ4n) is 4.15. The number of fused-ring (bicyclic) bond motifs is 1. The molecule has 2 atom stereocenters. The van der Waals surface area contributed by atoms with Crippen LogP contribution in [0.1, 0.15) is 72.8 Å². The molecule has 3 rings (SSSR count). The van der Waals surface area contributed by atoms with Gasteiger partial charge in [-0.3, -0.25) is 4.90 Å². The van der Waals surface area contributed by atoms with E-state index in [0.717, 1.165) is 49.0 Å². The van der Waals surface area contributed by atoms with Crippen molar-refractivity contribution in [3.63, 3.8) is 0 Å². The predicted molar refractivity (Wildman–Crippen MR) is 123 cm³/mol. The number of nitrogens with one attached hydrogen (secondary N) is 2. The van der Waals surface area contributed by atoms with E-state index in [9.17, 15) is 9.59 Å². The summed E-state index contributed by atoms with van der Waals surface area (Å²) in [6.45, 7) is 11.9. The number of ether oxygens (including phenoxy) is 2. The van der Waals surface area contributed by atoms with Gasteiger partial charge in [0.15, 0.2) is 0 Å². The monoisotopic (exact) mass is 431 g/mol. The van der Waals surface area contributed by atoms with Crippen LogP contribution in [0.3, 0.4) is 0 Å². The topological polar surface area (TPSA) is 79.9 Å². The van der Waals surface area contributed by atoms with Gasteiger partial charge in [0, 0.05) is 24.3 Å². The van der Waals surface area contributed by atoms with Crippen LogP contribution in [0.2, 0.25) is 0 Å². The van der Waals surface area contributed by atoms with Gasteiger partial charge < -0.3 is 20.1 Å². The molecule has 1 aliphatic carbocycles. The van der Waals surface area contributed by atoms with Gasteiger partial charge in [0.2, 0.25) is 0 Å². The Morgan fingerprint density at radius 1 is 1.00 bits per heavy atom. The van der Waals surface area contributed by atoms with Gasteiger partial charge in [0.05, 0.1) is 5.69 Å². The number of amides is 2. The second-order valence-corrected chi connectivity index (χ2v) is 10.6. The molecule has 2 N–H and O–H groups in total. The number of carbonyl (C=O) groups excluding carboxylic acids is 2. The number of hydrogen-bond donors (Lipinski definition) is 2. The first-order valence-corrected chi connectivity index (χ1v) is 11.3. The smallest absolute Gasteiger partial charge is 0.414 e. The largest absolute Gasteiger partial charge is 0.444 e. The number of nitrogens with zero attached hydrogens (tertiary/aromatic N) is 1. The second kappa shape index (κ2) is 8.97. The molecule has 172 valence electrons. The molecule has 7 nitrogen and oxygen atoms in total. The molecule has 0 bridgehead atoms. The van der Waals surface area contributed by atoms with Crippen LogP contribution in [-0.4, -0.2) is 42.0 Å². The van der Waals surface area contributed by atoms with Crippen LogP contribution in [0.15, 0.2) is 18.2 Å². The van der Waals surface area contributed by atoms with Crippen molar-refractivity contribution in [2.45, 2.75) is 96.9 Å². The van der Waals surface area contributed by atoms with Crippen LogP contribution < -0.4 is 15.5 Å². The third kappa shape index (κ3) is 6.77. The zero-order valence-electron chi connectivity index (χ0n) is 19.7. The minimum atomic E-state index is -0.511. The zero-order chi connectivity index (χ0) is 22.8. The summed E-state index contributed by atoms with van der Waals surface area (Å²) < 4.78 is 10.9. The summed E-state index contributed by atoms with van der Waals surface area (Å²) in [6.07, 6.45) is 3.99. The maximum Gasteiger partial charge on any atom is 0.414 e. The summed E-state index contributed by atoms with van der Waals surface area (Å²) in [6, 6.07) is 6.58. The van der Waals surface area contributed by atoms with Gasteiger partial charge in [0.25, 0.3) is 0 Å². The summed E-state index contributed by atoms with van der Waals surface area (Å²) in [7, 11) is 0. The first-order valence-electron chi connectivity index (χ1n) is 11.3. The highest BCUT2D eigenvalue weighted by Crippen LogP contribution is 2.32. The van der Waals surface area contributed by atoms with E-state index in [1.165, 1.54) is 0 Å². The highest BCUT2D eigenvalue weighted by molar-refractivity contribution is 5.90. The van der Waals surface area contributed by atoms with E-state index in [-0.39, 0.29) is 18.2 Å². The third-order valence-electron chi connectivity index (χ3n) is 5.34. The Morgan fingerprint density at radius 2 is 1.68 bits per heavy atom. The lowest BCUT2D eigenvalue weighted by Gasteiger charge is -2.32. The fraction of sp³-hybridized carbons (Fsp3) is 0.667. The van der Waals surface area contributed by atoms with Crippen molar-refractivity contribution >= 4 is 23.6 Å². The molecule has 0 aromatic heterocycles. The van der Waals surface area contributed by atoms with Crippen LogP contribution in [0, 0.1) is 0 Å². The molecule has 1 aromatic carbocycles. The number of hydrogen-bond acceptors (Lipinski definition) is 5. The number of alkyl carbamates (subject to hydrolysis) is 1. The van der Waals surface area contributed by atoms with Crippen molar-refractivity contribution in [2.24, 2.45) is 0 Å². The molecule has 0 saturated heterocycles. The fourth-order valence-corrected chi connectivity index (χ4v) is 4.15. The lowest BCUT2D eigenvalue weighted by molar-refractivity contribution is 0.0503. The average Bonchev–Trinajstić information content (AvgIpc) is 3.04. The molecule has 0 radical (unpaired) electrons. The SMILES string of the molecule is CC(C)(C)OC(=O)NC1CCC(Nc2ccc3c(c2)CCCN3C(=O)OC(C)(C)C)C1. The molecular weight excluding hydrogens is 394 g/mol. The van der Waals surface area contributed by atoms with Crippen molar-refractivity contribution in [2.75, 3.05) is 16.8 Å². The molecule has 1 fully saturated rings. The summed E-state index contributed by atoms with van der Waals surface area (Å²) in [5.41, 5.74) is 2.14. The molecule has 2 amide bonds. The Hall–Kier alpha value is -2.44. The van der Waals surface area contributed by atoms with E-state index in [4.69, 9.17) is 9.47 Å². The van der Waals surface area contributed by atoms with Crippen LogP contribution in [0.4, 0.5) is 21.0 Å². The maximum absolute atomic E-state index is 12.6. The van der Waals surface area contributed by atoms with Gasteiger partial charge in [0.1, 0.15) is 11.2 Å². The van der Waals surface area contributed by atoms with Crippen molar-refractivity contribution in [1.82, 2.24) is 5.32 Å². The number of carbonyl (C=O) groups is 2. The number of anilines is 2. The van der Waals surface area contributed by atoms with E-state index in [1.54, 1.807) is 4.90 Å². The lowest BCUT2D eigenvalue weighted by atomic mass is 10.0. The minimum absolute atomic E-state index is 0.118. The molecule has 31 heavy (non-hydrogen) atoms. The molecule has 2 unspecified atom stereocenters. The van der Waals surface area contributed by atoms with E-state index >= 15 is 0 Å². The quantitative estimate of drug-likeness (QED) is 0.685. The second-order valence-electron chi connectivity index (χ2n) is 10.6. The average molecular weight is 432 g/mol. The van der Waals surface area contributed by atoms with Gasteiger partial charge >= 0.3 is 12.2 Å². The highest BCUT2D eigenvalue weighted by Gasteiger charge is 2.29. The normalized spacial score (nSPS) is 21.3. The Bertz CT molecular complexity index is 810. The lowest BCUT2D eigenvalue weighted by Crippen LogP contribution is -2.39. The molecule has 1 aliphatic heterocycles. The third-order valence-corrected chi connectivity index (χ3v) is 5.34. The maximum atomic E-state index is 12.6. The Morgan fingerprint density at radius 3 is 2.35 bits per heavy atom. The molecule has 0 spiro atoms. The summed E-state index contributed by atoms with van der Waals surface area (Å²) in [4.78, 5) is 26.4. The van der Waals surface area contributed by atoms with Gasteiger partial charge in [-0.1, -0.05) is 0 Å².